The minimum atomic E-state index is 0. The predicted octanol–water partition coefficient (Wildman–Crippen LogP) is -0.359. The molecule has 0 atom stereocenters. The average Bonchev–Trinajstić information content (AvgIpc) is 0. The Labute approximate surface area is 89.1 Å². The van der Waals surface area contributed by atoms with E-state index in [9.17, 15) is 0 Å². The molecule has 0 bridgehead atoms. The molecule has 0 aliphatic rings. The van der Waals surface area contributed by atoms with Crippen molar-refractivity contribution in [1.82, 2.24) is 0 Å². The zero-order chi connectivity index (χ0) is 0. The molecule has 0 aromatic rings. The van der Waals surface area contributed by atoms with E-state index in [1.165, 1.54) is 0 Å². The molecule has 0 aliphatic carbocycles. The van der Waals surface area contributed by atoms with Crippen LogP contribution < -0.4 is 0 Å². The number of hydrogen-bond donors (Lipinski definition) is 0. The standard InChI is InChI=1S/Ce.3O.Y/q+3;3*-2;+3. The van der Waals surface area contributed by atoms with Crippen molar-refractivity contribution in [2.75, 3.05) is 0 Å². The molecule has 0 fully saturated rings. The Hall–Kier alpha value is 2.36. The van der Waals surface area contributed by atoms with E-state index in [1.807, 2.05) is 0 Å². The summed E-state index contributed by atoms with van der Waals surface area (Å²) in [5.41, 5.74) is 0. The van der Waals surface area contributed by atoms with Gasteiger partial charge in [-0.1, -0.05) is 0 Å². The van der Waals surface area contributed by atoms with Crippen LogP contribution in [0.2, 0.25) is 0 Å². The zero-order valence-electron chi connectivity index (χ0n) is 2.30. The van der Waals surface area contributed by atoms with Crippen molar-refractivity contribution in [2.45, 2.75) is 0 Å². The molecule has 0 rings (SSSR count). The first-order valence-corrected chi connectivity index (χ1v) is 0. The molecule has 0 N–H and O–H groups in total. The van der Waals surface area contributed by atoms with Crippen LogP contribution in [0.25, 0.3) is 0 Å². The Morgan fingerprint density at radius 2 is 0.600 bits per heavy atom. The zero-order valence-corrected chi connectivity index (χ0v) is 8.28. The van der Waals surface area contributed by atoms with Crippen LogP contribution in [0.15, 0.2) is 0 Å². The summed E-state index contributed by atoms with van der Waals surface area (Å²) in [6.45, 7) is 0. The number of hydrogen-bond acceptors (Lipinski definition) is 0. The Morgan fingerprint density at radius 1 is 0.600 bits per heavy atom. The van der Waals surface area contributed by atoms with E-state index in [4.69, 9.17) is 0 Å². The summed E-state index contributed by atoms with van der Waals surface area (Å²) in [5.74, 6) is 0. The molecule has 0 unspecified atom stereocenters. The molecule has 0 spiro atoms. The van der Waals surface area contributed by atoms with Crippen LogP contribution in [0.4, 0.5) is 0 Å². The third-order valence-electron chi connectivity index (χ3n) is 0. The molecule has 0 amide bonds. The van der Waals surface area contributed by atoms with Crippen LogP contribution in [0.5, 0.6) is 0 Å². The summed E-state index contributed by atoms with van der Waals surface area (Å²) in [5, 5.41) is 0. The molecule has 3 nitrogen and oxygen atoms in total. The topological polar surface area (TPSA) is 85.5 Å². The Kier molecular flexibility index (Phi) is 351. The summed E-state index contributed by atoms with van der Waals surface area (Å²) < 4.78 is 0. The fourth-order valence-electron chi connectivity index (χ4n) is 0. The monoisotopic (exact) mass is 277 g/mol. The molecule has 1 radical (unpaired) electrons. The van der Waals surface area contributed by atoms with Gasteiger partial charge in [0.25, 0.3) is 0 Å². The smallest absolute Gasteiger partial charge is 2.00 e. The van der Waals surface area contributed by atoms with Crippen molar-refractivity contribution < 1.29 is 90.9 Å². The third kappa shape index (κ3) is 21.7. The molecule has 25 valence electrons. The van der Waals surface area contributed by atoms with Crippen LogP contribution in [-0.4, -0.2) is 0 Å². The summed E-state index contributed by atoms with van der Waals surface area (Å²) in [6.07, 6.45) is 0. The number of rotatable bonds is 0. The largest absolute Gasteiger partial charge is 3.00 e. The average molecular weight is 277 g/mol. The quantitative estimate of drug-likeness (QED) is 0.579. The summed E-state index contributed by atoms with van der Waals surface area (Å²) >= 11 is 0. The van der Waals surface area contributed by atoms with Gasteiger partial charge in [-0.3, -0.25) is 0 Å². The van der Waals surface area contributed by atoms with Crippen LogP contribution in [0, 0.1) is 41.7 Å². The van der Waals surface area contributed by atoms with Gasteiger partial charge in [-0.25, -0.2) is 0 Å². The van der Waals surface area contributed by atoms with E-state index in [2.05, 4.69) is 0 Å². The maximum absolute atomic E-state index is 0. The Balaban J connectivity index is 0. The van der Waals surface area contributed by atoms with Gasteiger partial charge in [-0.05, 0) is 0 Å². The molecule has 0 aromatic heterocycles. The molecular formula is CeO3Y. The van der Waals surface area contributed by atoms with E-state index >= 15 is 0 Å². The van der Waals surface area contributed by atoms with Gasteiger partial charge in [-0.15, -0.1) is 0 Å². The second-order valence-corrected chi connectivity index (χ2v) is 0. The maximum atomic E-state index is 0. The molecule has 5 heavy (non-hydrogen) atoms. The normalized spacial score (nSPS) is 0. The van der Waals surface area contributed by atoms with Crippen LogP contribution in [0.3, 0.4) is 0 Å². The molecule has 0 saturated carbocycles. The van der Waals surface area contributed by atoms with E-state index < -0.39 is 0 Å². The van der Waals surface area contributed by atoms with Crippen molar-refractivity contribution >= 4 is 0 Å². The molecule has 5 heteroatoms. The summed E-state index contributed by atoms with van der Waals surface area (Å²) in [4.78, 5) is 0. The molecule has 0 aromatic carbocycles. The Morgan fingerprint density at radius 3 is 0.600 bits per heavy atom. The molecule has 0 aliphatic heterocycles. The SMILES string of the molecule is [Ce+3].[O-2].[O-2].[O-2].[Y+3]. The molecule has 0 saturated heterocycles. The van der Waals surface area contributed by atoms with Gasteiger partial charge < -0.3 is 16.4 Å². The first kappa shape index (κ1) is 53.4. The Bertz CT molecular complexity index is 6.85. The second kappa shape index (κ2) is 32.8. The second-order valence-electron chi connectivity index (χ2n) is 0. The van der Waals surface area contributed by atoms with Crippen molar-refractivity contribution in [3.63, 3.8) is 0 Å². The van der Waals surface area contributed by atoms with E-state index in [0.29, 0.717) is 0 Å². The van der Waals surface area contributed by atoms with Gasteiger partial charge in [0.1, 0.15) is 0 Å². The van der Waals surface area contributed by atoms with Gasteiger partial charge >= 0.3 is 74.5 Å². The summed E-state index contributed by atoms with van der Waals surface area (Å²) in [6, 6.07) is 0. The van der Waals surface area contributed by atoms with Gasteiger partial charge in [0, 0.05) is 0 Å². The van der Waals surface area contributed by atoms with Gasteiger partial charge in [0.15, 0.2) is 0 Å². The predicted molar refractivity (Wildman–Crippen MR) is 2.06 cm³/mol. The van der Waals surface area contributed by atoms with Gasteiger partial charge in [-0.2, -0.15) is 0 Å². The fraction of sp³-hybridized carbons (Fsp3) is 0. The van der Waals surface area contributed by atoms with Crippen molar-refractivity contribution in [1.29, 1.82) is 0 Å². The van der Waals surface area contributed by atoms with Crippen molar-refractivity contribution in [2.24, 2.45) is 0 Å². The third-order valence-corrected chi connectivity index (χ3v) is 0. The van der Waals surface area contributed by atoms with E-state index in [-0.39, 0.29) is 90.9 Å². The van der Waals surface area contributed by atoms with E-state index in [1.54, 1.807) is 0 Å². The first-order chi connectivity index (χ1) is 0. The van der Waals surface area contributed by atoms with Crippen molar-refractivity contribution in [3.8, 4) is 0 Å². The fourth-order valence-corrected chi connectivity index (χ4v) is 0. The van der Waals surface area contributed by atoms with Crippen LogP contribution in [0.1, 0.15) is 0 Å². The molecular weight excluding hydrogens is 277 g/mol. The minimum absolute atomic E-state index is 0. The van der Waals surface area contributed by atoms with E-state index in [0.717, 1.165) is 0 Å². The van der Waals surface area contributed by atoms with Crippen molar-refractivity contribution in [3.05, 3.63) is 0 Å². The summed E-state index contributed by atoms with van der Waals surface area (Å²) in [7, 11) is 0. The van der Waals surface area contributed by atoms with Gasteiger partial charge in [0.2, 0.25) is 0 Å². The first-order valence-electron chi connectivity index (χ1n) is 0. The minimum Gasteiger partial charge on any atom is -2.00 e. The van der Waals surface area contributed by atoms with Crippen LogP contribution in [-0.2, 0) is 49.1 Å². The molecule has 0 heterocycles. The van der Waals surface area contributed by atoms with Gasteiger partial charge in [0.05, 0.1) is 0 Å². The van der Waals surface area contributed by atoms with Crippen LogP contribution >= 0.6 is 0 Å². The maximum Gasteiger partial charge on any atom is 3.00 e.